The molecule has 1 aromatic carbocycles. The van der Waals surface area contributed by atoms with E-state index in [-0.39, 0.29) is 5.66 Å². The number of aromatic amines is 1. The van der Waals surface area contributed by atoms with Crippen LogP contribution in [0, 0.1) is 0 Å². The molecule has 3 rings (SSSR count). The van der Waals surface area contributed by atoms with Crippen LogP contribution >= 0.6 is 19.6 Å². The Morgan fingerprint density at radius 1 is 1.48 bits per heavy atom. The molecule has 1 aliphatic heterocycles. The molecule has 1 aromatic heterocycles. The Labute approximate surface area is 141 Å². The Morgan fingerprint density at radius 2 is 2.30 bits per heavy atom. The Balaban J connectivity index is 1.82. The Bertz CT molecular complexity index is 711. The van der Waals surface area contributed by atoms with E-state index in [9.17, 15) is 4.57 Å². The van der Waals surface area contributed by atoms with Gasteiger partial charge in [0.05, 0.1) is 29.5 Å². The fourth-order valence-corrected chi connectivity index (χ4v) is 4.34. The lowest BCUT2D eigenvalue weighted by Crippen LogP contribution is -2.36. The minimum atomic E-state index is -1.64. The summed E-state index contributed by atoms with van der Waals surface area (Å²) in [5, 5.41) is 15.4. The zero-order valence-corrected chi connectivity index (χ0v) is 14.9. The molecule has 1 saturated heterocycles. The van der Waals surface area contributed by atoms with Crippen molar-refractivity contribution in [3.05, 3.63) is 28.9 Å². The number of benzene rings is 1. The lowest BCUT2D eigenvalue weighted by atomic mass is 9.99. The maximum atomic E-state index is 12.7. The van der Waals surface area contributed by atoms with Crippen molar-refractivity contribution in [3.63, 3.8) is 0 Å². The highest BCUT2D eigenvalue weighted by atomic mass is 35.5. The van der Waals surface area contributed by atoms with Gasteiger partial charge < -0.3 is 10.1 Å². The van der Waals surface area contributed by atoms with E-state index in [1.165, 1.54) is 0 Å². The average molecular weight is 356 g/mol. The molecule has 124 valence electrons. The van der Waals surface area contributed by atoms with Gasteiger partial charge in [0, 0.05) is 18.5 Å². The molecule has 8 heteroatoms. The number of halogens is 1. The second kappa shape index (κ2) is 6.83. The first-order valence-electron chi connectivity index (χ1n) is 7.65. The average Bonchev–Trinajstić information content (AvgIpc) is 2.77. The predicted octanol–water partition coefficient (Wildman–Crippen LogP) is 2.77. The van der Waals surface area contributed by atoms with Crippen molar-refractivity contribution in [2.75, 3.05) is 26.3 Å². The summed E-state index contributed by atoms with van der Waals surface area (Å²) in [5.41, 5.74) is 1.03. The Kier molecular flexibility index (Phi) is 4.99. The standard InChI is InChI=1S/C15H21ClN4O2P/c1-15(2,20-23(21)10-8-17-6-7-22-9-10)14-11-4-3-5-12(16)13(11)18-19-14/h3-5,10,17H,6-9H2,1-2H3,(H,18,19)(H,20,21)/q+1. The summed E-state index contributed by atoms with van der Waals surface area (Å²) in [6.07, 6.45) is 0. The van der Waals surface area contributed by atoms with E-state index in [1.54, 1.807) is 0 Å². The molecule has 0 spiro atoms. The molecule has 2 atom stereocenters. The van der Waals surface area contributed by atoms with Crippen LogP contribution in [0.3, 0.4) is 0 Å². The summed E-state index contributed by atoms with van der Waals surface area (Å²) in [6.45, 7) is 6.62. The molecule has 3 N–H and O–H groups in total. The predicted molar refractivity (Wildman–Crippen MR) is 92.3 cm³/mol. The Hall–Kier alpha value is -1.04. The van der Waals surface area contributed by atoms with E-state index in [0.29, 0.717) is 24.8 Å². The first-order valence-corrected chi connectivity index (χ1v) is 9.35. The highest BCUT2D eigenvalue weighted by Crippen LogP contribution is 2.35. The molecule has 1 aliphatic rings. The van der Waals surface area contributed by atoms with Crippen LogP contribution in [0.2, 0.25) is 5.02 Å². The molecule has 23 heavy (non-hydrogen) atoms. The number of rotatable bonds is 4. The van der Waals surface area contributed by atoms with E-state index < -0.39 is 13.5 Å². The summed E-state index contributed by atoms with van der Waals surface area (Å²) in [7, 11) is -1.64. The third kappa shape index (κ3) is 3.57. The molecule has 0 saturated carbocycles. The van der Waals surface area contributed by atoms with Crippen molar-refractivity contribution in [2.45, 2.75) is 25.0 Å². The molecule has 6 nitrogen and oxygen atoms in total. The fourth-order valence-electron chi connectivity index (χ4n) is 2.74. The van der Waals surface area contributed by atoms with Crippen LogP contribution in [0.25, 0.3) is 10.9 Å². The number of aromatic nitrogens is 2. The molecular formula is C15H21ClN4O2P+. The monoisotopic (exact) mass is 355 g/mol. The number of H-pyrrole nitrogens is 1. The summed E-state index contributed by atoms with van der Waals surface area (Å²) in [4.78, 5) is 0. The number of fused-ring (bicyclic) bond motifs is 1. The van der Waals surface area contributed by atoms with Gasteiger partial charge in [-0.25, -0.2) is 0 Å². The van der Waals surface area contributed by atoms with E-state index in [1.807, 2.05) is 32.0 Å². The number of hydrogen-bond donors (Lipinski definition) is 3. The summed E-state index contributed by atoms with van der Waals surface area (Å²) in [6, 6.07) is 5.67. The van der Waals surface area contributed by atoms with Crippen molar-refractivity contribution in [2.24, 2.45) is 0 Å². The molecule has 0 bridgehead atoms. The van der Waals surface area contributed by atoms with Gasteiger partial charge in [-0.05, 0) is 24.5 Å². The second-order valence-electron chi connectivity index (χ2n) is 6.23. The quantitative estimate of drug-likeness (QED) is 0.735. The van der Waals surface area contributed by atoms with Crippen LogP contribution in [-0.4, -0.2) is 42.2 Å². The number of nitrogens with one attached hydrogen (secondary N) is 3. The van der Waals surface area contributed by atoms with Gasteiger partial charge in [-0.2, -0.15) is 5.10 Å². The summed E-state index contributed by atoms with van der Waals surface area (Å²) < 4.78 is 18.2. The zero-order valence-electron chi connectivity index (χ0n) is 13.2. The lowest BCUT2D eigenvalue weighted by molar-refractivity contribution is 0.152. The van der Waals surface area contributed by atoms with Crippen LogP contribution in [0.4, 0.5) is 0 Å². The van der Waals surface area contributed by atoms with Gasteiger partial charge in [0.15, 0.2) is 0 Å². The number of hydrogen-bond acceptors (Lipinski definition) is 4. The van der Waals surface area contributed by atoms with Gasteiger partial charge in [-0.15, -0.1) is 0 Å². The smallest absolute Gasteiger partial charge is 0.375 e. The number of nitrogens with zero attached hydrogens (tertiary/aromatic N) is 1. The van der Waals surface area contributed by atoms with Gasteiger partial charge in [-0.1, -0.05) is 28.8 Å². The van der Waals surface area contributed by atoms with Gasteiger partial charge in [0.25, 0.3) is 0 Å². The topological polar surface area (TPSA) is 79.0 Å². The first-order chi connectivity index (χ1) is 11.0. The lowest BCUT2D eigenvalue weighted by Gasteiger charge is -2.20. The van der Waals surface area contributed by atoms with E-state index in [4.69, 9.17) is 16.3 Å². The molecule has 1 fully saturated rings. The zero-order chi connectivity index (χ0) is 16.4. The molecule has 2 aromatic rings. The maximum absolute atomic E-state index is 12.7. The molecule has 2 unspecified atom stereocenters. The largest absolute Gasteiger partial charge is 0.440 e. The minimum absolute atomic E-state index is 0.0513. The summed E-state index contributed by atoms with van der Waals surface area (Å²) in [5.74, 6) is 0. The van der Waals surface area contributed by atoms with Gasteiger partial charge in [-0.3, -0.25) is 5.10 Å². The van der Waals surface area contributed by atoms with Gasteiger partial charge >= 0.3 is 7.95 Å². The van der Waals surface area contributed by atoms with Crippen LogP contribution in [0.15, 0.2) is 18.2 Å². The molecule has 0 aliphatic carbocycles. The van der Waals surface area contributed by atoms with Crippen molar-refractivity contribution in [1.82, 2.24) is 20.6 Å². The summed E-state index contributed by atoms with van der Waals surface area (Å²) >= 11 is 6.18. The molecule has 0 amide bonds. The van der Waals surface area contributed by atoms with E-state index >= 15 is 0 Å². The van der Waals surface area contributed by atoms with E-state index in [0.717, 1.165) is 23.1 Å². The van der Waals surface area contributed by atoms with Gasteiger partial charge in [0.1, 0.15) is 5.52 Å². The van der Waals surface area contributed by atoms with Crippen LogP contribution in [0.5, 0.6) is 0 Å². The number of para-hydroxylation sites is 1. The van der Waals surface area contributed by atoms with Crippen LogP contribution in [-0.2, 0) is 14.8 Å². The highest BCUT2D eigenvalue weighted by Gasteiger charge is 2.39. The van der Waals surface area contributed by atoms with E-state index in [2.05, 4.69) is 20.6 Å². The molecule has 2 heterocycles. The van der Waals surface area contributed by atoms with Crippen LogP contribution < -0.4 is 10.4 Å². The third-order valence-corrected chi connectivity index (χ3v) is 6.07. The fraction of sp³-hybridized carbons (Fsp3) is 0.533. The minimum Gasteiger partial charge on any atom is -0.375 e. The maximum Gasteiger partial charge on any atom is 0.440 e. The van der Waals surface area contributed by atoms with Crippen molar-refractivity contribution < 1.29 is 9.30 Å². The molecule has 0 radical (unpaired) electrons. The number of ether oxygens (including phenoxy) is 1. The van der Waals surface area contributed by atoms with Gasteiger partial charge in [0.2, 0.25) is 5.66 Å². The van der Waals surface area contributed by atoms with Crippen molar-refractivity contribution >= 4 is 30.5 Å². The molecular weight excluding hydrogens is 335 g/mol. The normalized spacial score (nSPS) is 20.5. The Morgan fingerprint density at radius 3 is 3.13 bits per heavy atom. The second-order valence-corrected chi connectivity index (χ2v) is 8.24. The van der Waals surface area contributed by atoms with Crippen LogP contribution in [0.1, 0.15) is 19.5 Å². The highest BCUT2D eigenvalue weighted by molar-refractivity contribution is 7.43. The van der Waals surface area contributed by atoms with Crippen molar-refractivity contribution in [3.8, 4) is 0 Å². The first kappa shape index (κ1) is 16.8. The SMILES string of the molecule is CC(C)(N[P+](=O)C1CNCCOC1)c1[nH]nc2c(Cl)cccc12. The third-order valence-electron chi connectivity index (χ3n) is 4.00. The van der Waals surface area contributed by atoms with Crippen molar-refractivity contribution in [1.29, 1.82) is 0 Å².